The van der Waals surface area contributed by atoms with Crippen LogP contribution in [0.25, 0.3) is 0 Å². The molecule has 0 unspecified atom stereocenters. The normalized spacial score (nSPS) is 10.6. The van der Waals surface area contributed by atoms with Crippen LogP contribution in [-0.2, 0) is 4.74 Å². The van der Waals surface area contributed by atoms with E-state index >= 15 is 0 Å². The molecule has 0 aromatic heterocycles. The van der Waals surface area contributed by atoms with Crippen LogP contribution in [0.3, 0.4) is 0 Å². The fraction of sp³-hybridized carbons (Fsp3) is 0.500. The molecular weight excluding hydrogens is 266 g/mol. The third-order valence-corrected chi connectivity index (χ3v) is 2.63. The molecule has 2 N–H and O–H groups in total. The Bertz CT molecular complexity index is 527. The lowest BCUT2D eigenvalue weighted by molar-refractivity contribution is 0.0528. The molecule has 1 aromatic carbocycles. The molecule has 0 saturated heterocycles. The number of aryl methyl sites for hydroxylation is 1. The Morgan fingerprint density at radius 3 is 2.67 bits per heavy atom. The lowest BCUT2D eigenvalue weighted by atomic mass is 10.1. The third kappa shape index (κ3) is 6.66. The minimum atomic E-state index is -0.480. The smallest absolute Gasteiger partial charge is 0.407 e. The first-order valence-electron chi connectivity index (χ1n) is 7.03. The van der Waals surface area contributed by atoms with Gasteiger partial charge in [-0.25, -0.2) is 4.79 Å². The van der Waals surface area contributed by atoms with Gasteiger partial charge in [-0.2, -0.15) is 5.26 Å². The van der Waals surface area contributed by atoms with Crippen molar-refractivity contribution in [2.45, 2.75) is 39.7 Å². The van der Waals surface area contributed by atoms with E-state index in [0.29, 0.717) is 18.7 Å². The number of amides is 1. The number of nitrogens with zero attached hydrogens (tertiary/aromatic N) is 1. The third-order valence-electron chi connectivity index (χ3n) is 2.63. The first-order chi connectivity index (χ1) is 9.81. The molecule has 0 aliphatic heterocycles. The number of alkyl carbamates (subject to hydrolysis) is 1. The quantitative estimate of drug-likeness (QED) is 0.816. The number of nitriles is 1. The summed E-state index contributed by atoms with van der Waals surface area (Å²) in [6.07, 6.45) is 0.341. The highest BCUT2D eigenvalue weighted by Gasteiger charge is 2.15. The SMILES string of the molecule is Cc1ccc(NCCCNC(=O)OC(C)(C)C)c(C#N)c1. The Morgan fingerprint density at radius 2 is 2.05 bits per heavy atom. The summed E-state index contributed by atoms with van der Waals surface area (Å²) in [6.45, 7) is 8.64. The van der Waals surface area contributed by atoms with Crippen molar-refractivity contribution in [2.24, 2.45) is 0 Å². The van der Waals surface area contributed by atoms with Gasteiger partial charge in [-0.1, -0.05) is 6.07 Å². The highest BCUT2D eigenvalue weighted by atomic mass is 16.6. The van der Waals surface area contributed by atoms with Gasteiger partial charge in [-0.15, -0.1) is 0 Å². The van der Waals surface area contributed by atoms with Crippen molar-refractivity contribution in [3.8, 4) is 6.07 Å². The van der Waals surface area contributed by atoms with Crippen molar-refractivity contribution in [3.05, 3.63) is 29.3 Å². The molecule has 114 valence electrons. The number of carbonyl (C=O) groups is 1. The second-order valence-electron chi connectivity index (χ2n) is 5.87. The average Bonchev–Trinajstić information content (AvgIpc) is 2.37. The van der Waals surface area contributed by atoms with Crippen LogP contribution in [0.2, 0.25) is 0 Å². The van der Waals surface area contributed by atoms with Gasteiger partial charge in [0, 0.05) is 13.1 Å². The highest BCUT2D eigenvalue weighted by molar-refractivity contribution is 5.67. The van der Waals surface area contributed by atoms with Gasteiger partial charge in [0.25, 0.3) is 0 Å². The van der Waals surface area contributed by atoms with E-state index in [1.807, 2.05) is 45.9 Å². The molecular formula is C16H23N3O2. The summed E-state index contributed by atoms with van der Waals surface area (Å²) in [5.41, 5.74) is 2.03. The number of rotatable bonds is 5. The number of hydrogen-bond acceptors (Lipinski definition) is 4. The Balaban J connectivity index is 2.29. The van der Waals surface area contributed by atoms with Crippen molar-refractivity contribution in [1.29, 1.82) is 5.26 Å². The van der Waals surface area contributed by atoms with Crippen molar-refractivity contribution in [1.82, 2.24) is 5.32 Å². The summed E-state index contributed by atoms with van der Waals surface area (Å²) >= 11 is 0. The fourth-order valence-electron chi connectivity index (χ4n) is 1.72. The van der Waals surface area contributed by atoms with Crippen LogP contribution in [0, 0.1) is 18.3 Å². The molecule has 21 heavy (non-hydrogen) atoms. The summed E-state index contributed by atoms with van der Waals surface area (Å²) in [5, 5.41) is 15.0. The lowest BCUT2D eigenvalue weighted by Gasteiger charge is -2.19. The minimum Gasteiger partial charge on any atom is -0.444 e. The predicted molar refractivity (Wildman–Crippen MR) is 83.2 cm³/mol. The van der Waals surface area contributed by atoms with E-state index < -0.39 is 11.7 Å². The molecule has 5 nitrogen and oxygen atoms in total. The van der Waals surface area contributed by atoms with Crippen LogP contribution in [0.15, 0.2) is 18.2 Å². The van der Waals surface area contributed by atoms with E-state index in [1.54, 1.807) is 0 Å². The van der Waals surface area contributed by atoms with E-state index in [0.717, 1.165) is 17.7 Å². The van der Waals surface area contributed by atoms with E-state index in [9.17, 15) is 4.79 Å². The Kier molecular flexibility index (Phi) is 6.04. The van der Waals surface area contributed by atoms with Gasteiger partial charge in [0.1, 0.15) is 11.7 Å². The minimum absolute atomic E-state index is 0.407. The van der Waals surface area contributed by atoms with Gasteiger partial charge in [0.15, 0.2) is 0 Å². The first kappa shape index (κ1) is 16.8. The molecule has 0 bridgehead atoms. The van der Waals surface area contributed by atoms with Crippen molar-refractivity contribution in [2.75, 3.05) is 18.4 Å². The van der Waals surface area contributed by atoms with Crippen LogP contribution in [0.4, 0.5) is 10.5 Å². The molecule has 1 amide bonds. The van der Waals surface area contributed by atoms with E-state index in [-0.39, 0.29) is 0 Å². The predicted octanol–water partition coefficient (Wildman–Crippen LogP) is 3.19. The van der Waals surface area contributed by atoms with E-state index in [4.69, 9.17) is 10.00 Å². The van der Waals surface area contributed by atoms with Gasteiger partial charge in [-0.05, 0) is 51.8 Å². The van der Waals surface area contributed by atoms with Gasteiger partial charge in [-0.3, -0.25) is 0 Å². The second kappa shape index (κ2) is 7.53. The van der Waals surface area contributed by atoms with Gasteiger partial charge < -0.3 is 15.4 Å². The van der Waals surface area contributed by atoms with Gasteiger partial charge in [0.05, 0.1) is 11.3 Å². The molecule has 1 rings (SSSR count). The number of carbonyl (C=O) groups excluding carboxylic acids is 1. The van der Waals surface area contributed by atoms with Crippen LogP contribution in [-0.4, -0.2) is 24.8 Å². The number of nitrogens with one attached hydrogen (secondary N) is 2. The van der Waals surface area contributed by atoms with Crippen molar-refractivity contribution < 1.29 is 9.53 Å². The Morgan fingerprint density at radius 1 is 1.33 bits per heavy atom. The van der Waals surface area contributed by atoms with Crippen LogP contribution in [0.1, 0.15) is 38.3 Å². The zero-order valence-electron chi connectivity index (χ0n) is 13.1. The standard InChI is InChI=1S/C16H23N3O2/c1-12-6-7-14(13(10-12)11-17)18-8-5-9-19-15(20)21-16(2,3)4/h6-7,10,18H,5,8-9H2,1-4H3,(H,19,20). The molecule has 0 radical (unpaired) electrons. The largest absolute Gasteiger partial charge is 0.444 e. The maximum absolute atomic E-state index is 11.4. The lowest BCUT2D eigenvalue weighted by Crippen LogP contribution is -2.33. The molecule has 5 heteroatoms. The van der Waals surface area contributed by atoms with Gasteiger partial charge in [0.2, 0.25) is 0 Å². The topological polar surface area (TPSA) is 74.2 Å². The first-order valence-corrected chi connectivity index (χ1v) is 7.03. The summed E-state index contributed by atoms with van der Waals surface area (Å²) < 4.78 is 5.14. The molecule has 0 aliphatic rings. The number of benzene rings is 1. The second-order valence-corrected chi connectivity index (χ2v) is 5.87. The maximum atomic E-state index is 11.4. The van der Waals surface area contributed by atoms with E-state index in [2.05, 4.69) is 16.7 Å². The van der Waals surface area contributed by atoms with Crippen molar-refractivity contribution >= 4 is 11.8 Å². The van der Waals surface area contributed by atoms with Gasteiger partial charge >= 0.3 is 6.09 Å². The number of anilines is 1. The summed E-state index contributed by atoms with van der Waals surface area (Å²) in [6, 6.07) is 7.88. The number of hydrogen-bond donors (Lipinski definition) is 2. The summed E-state index contributed by atoms with van der Waals surface area (Å²) in [7, 11) is 0. The Labute approximate surface area is 126 Å². The summed E-state index contributed by atoms with van der Waals surface area (Å²) in [4.78, 5) is 11.4. The molecule has 1 aromatic rings. The average molecular weight is 289 g/mol. The molecule has 0 saturated carbocycles. The molecule has 0 spiro atoms. The van der Waals surface area contributed by atoms with Crippen LogP contribution >= 0.6 is 0 Å². The molecule has 0 atom stereocenters. The highest BCUT2D eigenvalue weighted by Crippen LogP contribution is 2.16. The molecule has 0 heterocycles. The molecule has 0 fully saturated rings. The summed E-state index contributed by atoms with van der Waals surface area (Å²) in [5.74, 6) is 0. The van der Waals surface area contributed by atoms with Crippen LogP contribution in [0.5, 0.6) is 0 Å². The zero-order chi connectivity index (χ0) is 15.9. The fourth-order valence-corrected chi connectivity index (χ4v) is 1.72. The van der Waals surface area contributed by atoms with E-state index in [1.165, 1.54) is 0 Å². The Hall–Kier alpha value is -2.22. The maximum Gasteiger partial charge on any atom is 0.407 e. The van der Waals surface area contributed by atoms with Crippen LogP contribution < -0.4 is 10.6 Å². The molecule has 0 aliphatic carbocycles. The van der Waals surface area contributed by atoms with Crippen molar-refractivity contribution in [3.63, 3.8) is 0 Å². The monoisotopic (exact) mass is 289 g/mol. The number of ether oxygens (including phenoxy) is 1. The zero-order valence-corrected chi connectivity index (χ0v) is 13.1.